The number of hydrogen-bond donors (Lipinski definition) is 2. The van der Waals surface area contributed by atoms with Gasteiger partial charge in [0.2, 0.25) is 0 Å². The summed E-state index contributed by atoms with van der Waals surface area (Å²) in [5, 5.41) is 0. The molecule has 4 nitrogen and oxygen atoms in total. The molecule has 0 spiro atoms. The number of nitrogens with one attached hydrogen (secondary N) is 2. The lowest BCUT2D eigenvalue weighted by atomic mass is 10.0. The van der Waals surface area contributed by atoms with Gasteiger partial charge >= 0.3 is 0 Å². The number of carbonyl (C=O) groups is 1. The fraction of sp³-hybridized carbons (Fsp3) is 0.286. The summed E-state index contributed by atoms with van der Waals surface area (Å²) in [4.78, 5) is 12.0. The number of rotatable bonds is 8. The van der Waals surface area contributed by atoms with Gasteiger partial charge in [0.05, 0.1) is 0 Å². The molecule has 25 heavy (non-hydrogen) atoms. The SMILES string of the molecule is C=Cc1ccc(CNNC(=O)COc2cc(C)ccc2C(C)C)cc1. The van der Waals surface area contributed by atoms with Gasteiger partial charge in [0.15, 0.2) is 6.61 Å². The Kier molecular flexibility index (Phi) is 6.78. The molecule has 0 radical (unpaired) electrons. The van der Waals surface area contributed by atoms with E-state index in [2.05, 4.69) is 43.4 Å². The first kappa shape index (κ1) is 18.7. The van der Waals surface area contributed by atoms with Crippen LogP contribution >= 0.6 is 0 Å². The van der Waals surface area contributed by atoms with Crippen LogP contribution in [-0.2, 0) is 11.3 Å². The van der Waals surface area contributed by atoms with Gasteiger partial charge in [-0.25, -0.2) is 5.43 Å². The lowest BCUT2D eigenvalue weighted by Gasteiger charge is -2.15. The molecule has 0 aliphatic carbocycles. The minimum atomic E-state index is -0.209. The van der Waals surface area contributed by atoms with Crippen molar-refractivity contribution in [2.45, 2.75) is 33.2 Å². The Morgan fingerprint density at radius 3 is 2.56 bits per heavy atom. The Hall–Kier alpha value is -2.59. The van der Waals surface area contributed by atoms with E-state index in [0.717, 1.165) is 28.0 Å². The van der Waals surface area contributed by atoms with Crippen LogP contribution in [0.1, 0.15) is 42.0 Å². The zero-order chi connectivity index (χ0) is 18.2. The quantitative estimate of drug-likeness (QED) is 0.716. The Labute approximate surface area is 149 Å². The average Bonchev–Trinajstić information content (AvgIpc) is 2.60. The van der Waals surface area contributed by atoms with Gasteiger partial charge in [0, 0.05) is 6.54 Å². The molecule has 0 aliphatic heterocycles. The maximum absolute atomic E-state index is 12.0. The Morgan fingerprint density at radius 2 is 1.92 bits per heavy atom. The highest BCUT2D eigenvalue weighted by atomic mass is 16.5. The smallest absolute Gasteiger partial charge is 0.271 e. The number of amides is 1. The predicted octanol–water partition coefficient (Wildman–Crippen LogP) is 3.96. The van der Waals surface area contributed by atoms with Gasteiger partial charge in [-0.2, -0.15) is 0 Å². The summed E-state index contributed by atoms with van der Waals surface area (Å²) in [6, 6.07) is 14.0. The highest BCUT2D eigenvalue weighted by molar-refractivity contribution is 5.77. The van der Waals surface area contributed by atoms with Crippen molar-refractivity contribution < 1.29 is 9.53 Å². The number of hydrogen-bond acceptors (Lipinski definition) is 3. The summed E-state index contributed by atoms with van der Waals surface area (Å²) < 4.78 is 5.71. The largest absolute Gasteiger partial charge is 0.483 e. The summed E-state index contributed by atoms with van der Waals surface area (Å²) >= 11 is 0. The normalized spacial score (nSPS) is 10.6. The van der Waals surface area contributed by atoms with Crippen molar-refractivity contribution in [3.63, 3.8) is 0 Å². The Morgan fingerprint density at radius 1 is 1.20 bits per heavy atom. The van der Waals surface area contributed by atoms with Crippen LogP contribution in [0.15, 0.2) is 49.0 Å². The van der Waals surface area contributed by atoms with Crippen LogP contribution in [0.3, 0.4) is 0 Å². The third kappa shape index (κ3) is 5.76. The zero-order valence-electron chi connectivity index (χ0n) is 15.1. The zero-order valence-corrected chi connectivity index (χ0v) is 15.1. The molecule has 0 fully saturated rings. The van der Waals surface area contributed by atoms with Crippen molar-refractivity contribution in [2.75, 3.05) is 6.61 Å². The molecule has 132 valence electrons. The van der Waals surface area contributed by atoms with E-state index in [0.29, 0.717) is 12.5 Å². The summed E-state index contributed by atoms with van der Waals surface area (Å²) in [5.41, 5.74) is 9.94. The van der Waals surface area contributed by atoms with E-state index in [9.17, 15) is 4.79 Å². The molecule has 2 rings (SSSR count). The molecule has 0 saturated heterocycles. The first-order valence-corrected chi connectivity index (χ1v) is 8.46. The van der Waals surface area contributed by atoms with Crippen LogP contribution in [0.4, 0.5) is 0 Å². The van der Waals surface area contributed by atoms with Gasteiger partial charge in [0.1, 0.15) is 5.75 Å². The highest BCUT2D eigenvalue weighted by Crippen LogP contribution is 2.27. The first-order valence-electron chi connectivity index (χ1n) is 8.46. The van der Waals surface area contributed by atoms with E-state index in [1.165, 1.54) is 0 Å². The van der Waals surface area contributed by atoms with E-state index >= 15 is 0 Å². The van der Waals surface area contributed by atoms with Gasteiger partial charge < -0.3 is 4.74 Å². The molecule has 0 aromatic heterocycles. The second-order valence-electron chi connectivity index (χ2n) is 6.33. The van der Waals surface area contributed by atoms with Crippen molar-refractivity contribution >= 4 is 12.0 Å². The van der Waals surface area contributed by atoms with Crippen LogP contribution < -0.4 is 15.6 Å². The maximum Gasteiger partial charge on any atom is 0.271 e. The van der Waals surface area contributed by atoms with Crippen LogP contribution in [0.2, 0.25) is 0 Å². The minimum absolute atomic E-state index is 0.0222. The van der Waals surface area contributed by atoms with Crippen LogP contribution in [0, 0.1) is 6.92 Å². The average molecular weight is 338 g/mol. The van der Waals surface area contributed by atoms with Crippen LogP contribution in [0.25, 0.3) is 6.08 Å². The van der Waals surface area contributed by atoms with E-state index in [1.807, 2.05) is 37.3 Å². The monoisotopic (exact) mass is 338 g/mol. The topological polar surface area (TPSA) is 50.4 Å². The number of ether oxygens (including phenoxy) is 1. The van der Waals surface area contributed by atoms with Crippen molar-refractivity contribution in [1.82, 2.24) is 10.9 Å². The van der Waals surface area contributed by atoms with Crippen LogP contribution in [0.5, 0.6) is 5.75 Å². The molecule has 0 saturated carbocycles. The molecule has 1 amide bonds. The third-order valence-corrected chi connectivity index (χ3v) is 3.89. The molecule has 0 bridgehead atoms. The highest BCUT2D eigenvalue weighted by Gasteiger charge is 2.10. The number of benzene rings is 2. The minimum Gasteiger partial charge on any atom is -0.483 e. The summed E-state index contributed by atoms with van der Waals surface area (Å²) in [6.45, 7) is 10.5. The number of hydrazine groups is 1. The predicted molar refractivity (Wildman–Crippen MR) is 102 cm³/mol. The van der Waals surface area contributed by atoms with E-state index in [1.54, 1.807) is 6.08 Å². The molecule has 0 aliphatic rings. The van der Waals surface area contributed by atoms with Crippen molar-refractivity contribution in [1.29, 1.82) is 0 Å². The van der Waals surface area contributed by atoms with Crippen molar-refractivity contribution in [3.8, 4) is 5.75 Å². The van der Waals surface area contributed by atoms with Crippen molar-refractivity contribution in [3.05, 3.63) is 71.3 Å². The standard InChI is InChI=1S/C21H26N2O2/c1-5-17-7-9-18(10-8-17)13-22-23-21(24)14-25-20-12-16(4)6-11-19(20)15(2)3/h5-12,15,22H,1,13-14H2,2-4H3,(H,23,24). The Bertz CT molecular complexity index is 721. The number of aryl methyl sites for hydroxylation is 1. The second-order valence-corrected chi connectivity index (χ2v) is 6.33. The second kappa shape index (κ2) is 9.04. The molecule has 0 unspecified atom stereocenters. The van der Waals surface area contributed by atoms with Gasteiger partial charge in [0.25, 0.3) is 5.91 Å². The first-order chi connectivity index (χ1) is 12.0. The number of carbonyl (C=O) groups excluding carboxylic acids is 1. The third-order valence-electron chi connectivity index (χ3n) is 3.89. The lowest BCUT2D eigenvalue weighted by molar-refractivity contribution is -0.124. The summed E-state index contributed by atoms with van der Waals surface area (Å²) in [6.07, 6.45) is 1.80. The van der Waals surface area contributed by atoms with Gasteiger partial charge in [-0.15, -0.1) is 0 Å². The fourth-order valence-electron chi connectivity index (χ4n) is 2.44. The molecule has 2 aromatic rings. The van der Waals surface area contributed by atoms with E-state index in [4.69, 9.17) is 4.74 Å². The van der Waals surface area contributed by atoms with Crippen molar-refractivity contribution in [2.24, 2.45) is 0 Å². The lowest BCUT2D eigenvalue weighted by Crippen LogP contribution is -2.39. The molecule has 4 heteroatoms. The molecular formula is C21H26N2O2. The molecule has 0 heterocycles. The van der Waals surface area contributed by atoms with Gasteiger partial charge in [-0.1, -0.05) is 62.9 Å². The molecular weight excluding hydrogens is 312 g/mol. The van der Waals surface area contributed by atoms with Gasteiger partial charge in [-0.3, -0.25) is 10.2 Å². The molecule has 2 aromatic carbocycles. The van der Waals surface area contributed by atoms with Gasteiger partial charge in [-0.05, 0) is 41.2 Å². The fourth-order valence-corrected chi connectivity index (χ4v) is 2.44. The van der Waals surface area contributed by atoms with Crippen LogP contribution in [-0.4, -0.2) is 12.5 Å². The Balaban J connectivity index is 1.80. The summed E-state index contributed by atoms with van der Waals surface area (Å²) in [5.74, 6) is 0.902. The van der Waals surface area contributed by atoms with E-state index < -0.39 is 0 Å². The molecule has 0 atom stereocenters. The van der Waals surface area contributed by atoms with E-state index in [-0.39, 0.29) is 12.5 Å². The maximum atomic E-state index is 12.0. The summed E-state index contributed by atoms with van der Waals surface area (Å²) in [7, 11) is 0. The molecule has 2 N–H and O–H groups in total.